The van der Waals surface area contributed by atoms with E-state index >= 15 is 0 Å². The lowest BCUT2D eigenvalue weighted by Gasteiger charge is -2.23. The molecule has 0 aliphatic carbocycles. The first kappa shape index (κ1) is 13.5. The van der Waals surface area contributed by atoms with Gasteiger partial charge in [0.25, 0.3) is 0 Å². The summed E-state index contributed by atoms with van der Waals surface area (Å²) in [5.74, 6) is -1.42. The number of benzene rings is 1. The summed E-state index contributed by atoms with van der Waals surface area (Å²) < 4.78 is 5.35. The zero-order chi connectivity index (χ0) is 13.7. The quantitative estimate of drug-likeness (QED) is 0.863. The molecule has 2 N–H and O–H groups in total. The van der Waals surface area contributed by atoms with E-state index < -0.39 is 18.1 Å². The van der Waals surface area contributed by atoms with Gasteiger partial charge in [0.1, 0.15) is 6.10 Å². The zero-order valence-corrected chi connectivity index (χ0v) is 10.5. The number of amides is 1. The van der Waals surface area contributed by atoms with Crippen molar-refractivity contribution in [1.29, 1.82) is 0 Å². The minimum atomic E-state index is -1.07. The zero-order valence-electron chi connectivity index (χ0n) is 10.5. The number of carbonyl (C=O) groups is 2. The van der Waals surface area contributed by atoms with E-state index in [1.165, 1.54) is 0 Å². The van der Waals surface area contributed by atoms with Gasteiger partial charge in [-0.3, -0.25) is 4.79 Å². The van der Waals surface area contributed by atoms with E-state index in [-0.39, 0.29) is 5.91 Å². The third-order valence-corrected chi connectivity index (χ3v) is 3.14. The molecule has 5 nitrogen and oxygen atoms in total. The molecule has 0 unspecified atom stereocenters. The summed E-state index contributed by atoms with van der Waals surface area (Å²) in [5.41, 5.74) is 0.555. The first-order valence-electron chi connectivity index (χ1n) is 6.38. The summed E-state index contributed by atoms with van der Waals surface area (Å²) in [4.78, 5) is 23.2. The summed E-state index contributed by atoms with van der Waals surface area (Å²) in [7, 11) is 0. The Hall–Kier alpha value is -1.88. The van der Waals surface area contributed by atoms with Crippen LogP contribution >= 0.6 is 0 Å². The Morgan fingerprint density at radius 1 is 1.26 bits per heavy atom. The Morgan fingerprint density at radius 2 is 2.00 bits per heavy atom. The predicted octanol–water partition coefficient (Wildman–Crippen LogP) is 1.50. The van der Waals surface area contributed by atoms with Gasteiger partial charge < -0.3 is 15.2 Å². The highest BCUT2D eigenvalue weighted by Crippen LogP contribution is 2.16. The minimum absolute atomic E-state index is 0.351. The molecule has 0 bridgehead atoms. The molecule has 0 saturated carbocycles. The van der Waals surface area contributed by atoms with Crippen LogP contribution in [0.25, 0.3) is 0 Å². The highest BCUT2D eigenvalue weighted by molar-refractivity contribution is 5.87. The van der Waals surface area contributed by atoms with Gasteiger partial charge in [0.05, 0.1) is 0 Å². The molecule has 1 heterocycles. The van der Waals surface area contributed by atoms with Crippen LogP contribution in [0.4, 0.5) is 0 Å². The molecule has 0 aromatic heterocycles. The van der Waals surface area contributed by atoms with Crippen LogP contribution in [0.2, 0.25) is 0 Å². The monoisotopic (exact) mass is 263 g/mol. The van der Waals surface area contributed by atoms with Crippen LogP contribution in [0.15, 0.2) is 30.3 Å². The van der Waals surface area contributed by atoms with Crippen LogP contribution in [0.3, 0.4) is 0 Å². The highest BCUT2D eigenvalue weighted by atomic mass is 16.5. The standard InChI is InChI=1S/C14H17NO4/c16-13(11-8-4-5-9-19-11)15-12(14(17)18)10-6-2-1-3-7-10/h1-3,6-7,11-12H,4-5,8-9H2,(H,15,16)(H,17,18)/t11-,12-/m1/s1. The van der Waals surface area contributed by atoms with Gasteiger partial charge in [-0.15, -0.1) is 0 Å². The fourth-order valence-electron chi connectivity index (χ4n) is 2.12. The molecule has 1 saturated heterocycles. The van der Waals surface area contributed by atoms with Crippen LogP contribution in [-0.2, 0) is 14.3 Å². The van der Waals surface area contributed by atoms with E-state index in [9.17, 15) is 14.7 Å². The van der Waals surface area contributed by atoms with Crippen molar-refractivity contribution in [2.45, 2.75) is 31.4 Å². The third-order valence-electron chi connectivity index (χ3n) is 3.14. The molecule has 0 radical (unpaired) electrons. The van der Waals surface area contributed by atoms with Crippen molar-refractivity contribution in [3.63, 3.8) is 0 Å². The van der Waals surface area contributed by atoms with Crippen molar-refractivity contribution < 1.29 is 19.4 Å². The Kier molecular flexibility index (Phi) is 4.52. The summed E-state index contributed by atoms with van der Waals surface area (Å²) in [5, 5.41) is 11.8. The Balaban J connectivity index is 2.04. The first-order chi connectivity index (χ1) is 9.18. The van der Waals surface area contributed by atoms with Crippen molar-refractivity contribution in [3.05, 3.63) is 35.9 Å². The number of nitrogens with one attached hydrogen (secondary N) is 1. The van der Waals surface area contributed by atoms with Crippen molar-refractivity contribution >= 4 is 11.9 Å². The number of aliphatic carboxylic acids is 1. The third kappa shape index (κ3) is 3.54. The van der Waals surface area contributed by atoms with Crippen LogP contribution < -0.4 is 5.32 Å². The summed E-state index contributed by atoms with van der Waals surface area (Å²) >= 11 is 0. The average molecular weight is 263 g/mol. The normalized spacial score (nSPS) is 20.5. The fourth-order valence-corrected chi connectivity index (χ4v) is 2.12. The van der Waals surface area contributed by atoms with Crippen LogP contribution in [0, 0.1) is 0 Å². The van der Waals surface area contributed by atoms with E-state index in [1.54, 1.807) is 30.3 Å². The van der Waals surface area contributed by atoms with E-state index in [0.29, 0.717) is 18.6 Å². The second-order valence-corrected chi connectivity index (χ2v) is 4.55. The van der Waals surface area contributed by atoms with Gasteiger partial charge in [-0.05, 0) is 24.8 Å². The molecule has 2 atom stereocenters. The summed E-state index contributed by atoms with van der Waals surface area (Å²) in [6, 6.07) is 7.62. The lowest BCUT2D eigenvalue weighted by Crippen LogP contribution is -2.42. The topological polar surface area (TPSA) is 75.6 Å². The van der Waals surface area contributed by atoms with E-state index in [4.69, 9.17) is 4.74 Å². The maximum atomic E-state index is 12.0. The molecule has 1 aliphatic rings. The van der Waals surface area contributed by atoms with E-state index in [0.717, 1.165) is 12.8 Å². The predicted molar refractivity (Wildman–Crippen MR) is 68.6 cm³/mol. The number of hydrogen-bond acceptors (Lipinski definition) is 3. The van der Waals surface area contributed by atoms with Gasteiger partial charge in [-0.1, -0.05) is 30.3 Å². The van der Waals surface area contributed by atoms with Crippen molar-refractivity contribution in [2.24, 2.45) is 0 Å². The van der Waals surface area contributed by atoms with Crippen LogP contribution in [0.1, 0.15) is 30.9 Å². The summed E-state index contributed by atoms with van der Waals surface area (Å²) in [6.07, 6.45) is 2.00. The second kappa shape index (κ2) is 6.33. The van der Waals surface area contributed by atoms with Gasteiger partial charge in [-0.2, -0.15) is 0 Å². The fraction of sp³-hybridized carbons (Fsp3) is 0.429. The van der Waals surface area contributed by atoms with Gasteiger partial charge in [0, 0.05) is 6.61 Å². The molecule has 1 aliphatic heterocycles. The van der Waals surface area contributed by atoms with Crippen molar-refractivity contribution in [3.8, 4) is 0 Å². The van der Waals surface area contributed by atoms with Gasteiger partial charge in [0.2, 0.25) is 5.91 Å². The van der Waals surface area contributed by atoms with Crippen molar-refractivity contribution in [1.82, 2.24) is 5.32 Å². The summed E-state index contributed by atoms with van der Waals surface area (Å²) in [6.45, 7) is 0.557. The molecule has 1 aromatic rings. The number of rotatable bonds is 4. The Morgan fingerprint density at radius 3 is 2.58 bits per heavy atom. The number of carboxylic acids is 1. The minimum Gasteiger partial charge on any atom is -0.479 e. The lowest BCUT2D eigenvalue weighted by atomic mass is 10.1. The Labute approximate surface area is 111 Å². The number of hydrogen-bond donors (Lipinski definition) is 2. The Bertz CT molecular complexity index is 440. The molecule has 1 fully saturated rings. The molecule has 1 amide bonds. The first-order valence-corrected chi connectivity index (χ1v) is 6.38. The van der Waals surface area contributed by atoms with E-state index in [2.05, 4.69) is 5.32 Å². The van der Waals surface area contributed by atoms with Gasteiger partial charge in [0.15, 0.2) is 6.04 Å². The van der Waals surface area contributed by atoms with Crippen LogP contribution in [-0.4, -0.2) is 29.7 Å². The molecular formula is C14H17NO4. The largest absolute Gasteiger partial charge is 0.479 e. The lowest BCUT2D eigenvalue weighted by molar-refractivity contribution is -0.145. The van der Waals surface area contributed by atoms with Gasteiger partial charge in [-0.25, -0.2) is 4.79 Å². The molecule has 19 heavy (non-hydrogen) atoms. The second-order valence-electron chi connectivity index (χ2n) is 4.55. The molecule has 2 rings (SSSR count). The maximum Gasteiger partial charge on any atom is 0.330 e. The SMILES string of the molecule is O=C(N[C@@H](C(=O)O)c1ccccc1)[C@H]1CCCCO1. The molecular weight excluding hydrogens is 246 g/mol. The maximum absolute atomic E-state index is 12.0. The molecule has 0 spiro atoms. The van der Waals surface area contributed by atoms with Crippen molar-refractivity contribution in [2.75, 3.05) is 6.61 Å². The number of carboxylic acid groups (broad SMARTS) is 1. The molecule has 5 heteroatoms. The average Bonchev–Trinajstić information content (AvgIpc) is 2.46. The molecule has 1 aromatic carbocycles. The van der Waals surface area contributed by atoms with E-state index in [1.807, 2.05) is 0 Å². The highest BCUT2D eigenvalue weighted by Gasteiger charge is 2.27. The number of ether oxygens (including phenoxy) is 1. The van der Waals surface area contributed by atoms with Crippen LogP contribution in [0.5, 0.6) is 0 Å². The smallest absolute Gasteiger partial charge is 0.330 e. The van der Waals surface area contributed by atoms with Gasteiger partial charge >= 0.3 is 5.97 Å². The number of carbonyl (C=O) groups excluding carboxylic acids is 1. The molecule has 102 valence electrons.